The Morgan fingerprint density at radius 3 is 2.24 bits per heavy atom. The molecule has 3 rings (SSSR count). The van der Waals surface area contributed by atoms with Crippen LogP contribution in [0.25, 0.3) is 0 Å². The number of phenolic OH excluding ortho intramolecular Hbond substituents is 1. The maximum absolute atomic E-state index is 12.8. The van der Waals surface area contributed by atoms with Gasteiger partial charge in [-0.05, 0) is 85.6 Å². The van der Waals surface area contributed by atoms with Gasteiger partial charge < -0.3 is 30.9 Å². The van der Waals surface area contributed by atoms with Gasteiger partial charge >= 0.3 is 6.03 Å². The highest BCUT2D eigenvalue weighted by atomic mass is 32.2. The van der Waals surface area contributed by atoms with E-state index >= 15 is 0 Å². The number of hydrogen-bond acceptors (Lipinski definition) is 7. The number of aromatic hydroxyl groups is 1. The molecular weight excluding hydrogens is 544 g/mol. The Morgan fingerprint density at radius 2 is 1.56 bits per heavy atom. The van der Waals surface area contributed by atoms with Crippen molar-refractivity contribution in [3.05, 3.63) is 78.4 Å². The minimum atomic E-state index is -3.80. The summed E-state index contributed by atoms with van der Waals surface area (Å²) < 4.78 is 33.7. The molecule has 3 aromatic rings. The summed E-state index contributed by atoms with van der Waals surface area (Å²) in [6, 6.07) is 19.1. The number of unbranched alkanes of at least 4 members (excludes halogenated alkanes) is 3. The molecule has 0 aromatic heterocycles. The Morgan fingerprint density at radius 1 is 0.878 bits per heavy atom. The Hall–Kier alpha value is -3.80. The number of urea groups is 1. The molecule has 0 aliphatic heterocycles. The minimum absolute atomic E-state index is 0.0873. The second kappa shape index (κ2) is 16.5. The van der Waals surface area contributed by atoms with Crippen LogP contribution in [0.3, 0.4) is 0 Å². The molecule has 0 saturated heterocycles. The molecule has 0 aliphatic rings. The first-order valence-electron chi connectivity index (χ1n) is 13.8. The van der Waals surface area contributed by atoms with Crippen LogP contribution in [-0.4, -0.2) is 57.0 Å². The number of nitrogens with one attached hydrogen (secondary N) is 4. The van der Waals surface area contributed by atoms with Crippen molar-refractivity contribution in [3.63, 3.8) is 0 Å². The van der Waals surface area contributed by atoms with Crippen molar-refractivity contribution >= 4 is 27.4 Å². The van der Waals surface area contributed by atoms with Gasteiger partial charge in [0.15, 0.2) is 0 Å². The van der Waals surface area contributed by atoms with Crippen molar-refractivity contribution in [2.75, 3.05) is 36.3 Å². The van der Waals surface area contributed by atoms with Crippen molar-refractivity contribution in [3.8, 4) is 11.5 Å². The van der Waals surface area contributed by atoms with Gasteiger partial charge in [0.1, 0.15) is 24.2 Å². The Kier molecular flexibility index (Phi) is 12.7. The summed E-state index contributed by atoms with van der Waals surface area (Å²) in [5, 5.41) is 28.1. The standard InChI is InChI=1S/C30H40N4O6S/c1-2-3-4-5-19-32-30(37)33-24-10-16-29(17-11-24)41(38,39)34-25-8-6-23(7-9-25)18-20-31-21-27(36)22-40-28-14-12-26(35)13-15-28/h6-17,27,31,34-36H,2-5,18-22H2,1H3,(H2,32,33,37). The maximum atomic E-state index is 12.8. The van der Waals surface area contributed by atoms with E-state index in [1.165, 1.54) is 24.3 Å². The number of sulfonamides is 1. The molecule has 0 saturated carbocycles. The number of ether oxygens (including phenoxy) is 1. The van der Waals surface area contributed by atoms with Gasteiger partial charge in [-0.3, -0.25) is 4.72 Å². The second-order valence-electron chi connectivity index (χ2n) is 9.68. The lowest BCUT2D eigenvalue weighted by atomic mass is 10.1. The van der Waals surface area contributed by atoms with Gasteiger partial charge in [-0.15, -0.1) is 0 Å². The van der Waals surface area contributed by atoms with Crippen LogP contribution in [0.15, 0.2) is 77.7 Å². The highest BCUT2D eigenvalue weighted by Crippen LogP contribution is 2.19. The van der Waals surface area contributed by atoms with Crippen molar-refractivity contribution in [2.24, 2.45) is 0 Å². The normalized spacial score (nSPS) is 12.0. The average Bonchev–Trinajstić information content (AvgIpc) is 2.96. The monoisotopic (exact) mass is 584 g/mol. The molecular formula is C30H40N4O6S. The topological polar surface area (TPSA) is 149 Å². The molecule has 3 aromatic carbocycles. The van der Waals surface area contributed by atoms with Gasteiger partial charge in [-0.2, -0.15) is 0 Å². The molecule has 0 radical (unpaired) electrons. The SMILES string of the molecule is CCCCCCNC(=O)Nc1ccc(S(=O)(=O)Nc2ccc(CCNCC(O)COc3ccc(O)cc3)cc2)cc1. The van der Waals surface area contributed by atoms with E-state index in [0.717, 1.165) is 31.2 Å². The number of rotatable bonds is 17. The summed E-state index contributed by atoms with van der Waals surface area (Å²) in [5.74, 6) is 0.721. The second-order valence-corrected chi connectivity index (χ2v) is 11.4. The summed E-state index contributed by atoms with van der Waals surface area (Å²) >= 11 is 0. The lowest BCUT2D eigenvalue weighted by Crippen LogP contribution is -2.32. The third kappa shape index (κ3) is 11.7. The summed E-state index contributed by atoms with van der Waals surface area (Å²) in [7, 11) is -3.80. The molecule has 1 atom stereocenters. The van der Waals surface area contributed by atoms with Gasteiger partial charge in [0.25, 0.3) is 10.0 Å². The molecule has 0 bridgehead atoms. The molecule has 0 fully saturated rings. The molecule has 0 spiro atoms. The van der Waals surface area contributed by atoms with E-state index in [1.807, 2.05) is 12.1 Å². The maximum Gasteiger partial charge on any atom is 0.319 e. The average molecular weight is 585 g/mol. The van der Waals surface area contributed by atoms with Crippen LogP contribution in [-0.2, 0) is 16.4 Å². The number of benzene rings is 3. The molecule has 10 nitrogen and oxygen atoms in total. The van der Waals surface area contributed by atoms with Crippen LogP contribution in [0, 0.1) is 0 Å². The lowest BCUT2D eigenvalue weighted by molar-refractivity contribution is 0.106. The zero-order valence-electron chi connectivity index (χ0n) is 23.3. The minimum Gasteiger partial charge on any atom is -0.508 e. The summed E-state index contributed by atoms with van der Waals surface area (Å²) in [6.07, 6.45) is 4.27. The summed E-state index contributed by atoms with van der Waals surface area (Å²) in [6.45, 7) is 3.83. The number of phenols is 1. The fraction of sp³-hybridized carbons (Fsp3) is 0.367. The van der Waals surface area contributed by atoms with E-state index in [0.29, 0.717) is 43.2 Å². The van der Waals surface area contributed by atoms with E-state index in [2.05, 4.69) is 27.6 Å². The molecule has 0 heterocycles. The van der Waals surface area contributed by atoms with E-state index in [1.54, 1.807) is 36.4 Å². The predicted octanol–water partition coefficient (Wildman–Crippen LogP) is 4.47. The number of amides is 2. The Balaban J connectivity index is 1.37. The van der Waals surface area contributed by atoms with Crippen LogP contribution >= 0.6 is 0 Å². The van der Waals surface area contributed by atoms with Gasteiger partial charge in [0.05, 0.1) is 4.90 Å². The van der Waals surface area contributed by atoms with Gasteiger partial charge in [-0.1, -0.05) is 38.3 Å². The van der Waals surface area contributed by atoms with Crippen LogP contribution in [0.1, 0.15) is 38.2 Å². The molecule has 0 aliphatic carbocycles. The molecule has 2 amide bonds. The Labute approximate surface area is 242 Å². The fourth-order valence-corrected chi connectivity index (χ4v) is 4.95. The number of carbonyl (C=O) groups excluding carboxylic acids is 1. The smallest absolute Gasteiger partial charge is 0.319 e. The summed E-state index contributed by atoms with van der Waals surface area (Å²) in [4.78, 5) is 12.1. The molecule has 41 heavy (non-hydrogen) atoms. The molecule has 1 unspecified atom stereocenters. The van der Waals surface area contributed by atoms with Crippen LogP contribution in [0.2, 0.25) is 0 Å². The number of aliphatic hydroxyl groups is 1. The van der Waals surface area contributed by atoms with Gasteiger partial charge in [-0.25, -0.2) is 13.2 Å². The van der Waals surface area contributed by atoms with Gasteiger partial charge in [0.2, 0.25) is 0 Å². The fourth-order valence-electron chi connectivity index (χ4n) is 3.90. The number of anilines is 2. The third-order valence-corrected chi connectivity index (χ3v) is 7.59. The number of aliphatic hydroxyl groups excluding tert-OH is 1. The van der Waals surface area contributed by atoms with Crippen LogP contribution < -0.4 is 25.4 Å². The summed E-state index contributed by atoms with van der Waals surface area (Å²) in [5.41, 5.74) is 1.95. The Bertz CT molecular complexity index is 1300. The first-order chi connectivity index (χ1) is 19.7. The predicted molar refractivity (Wildman–Crippen MR) is 161 cm³/mol. The van der Waals surface area contributed by atoms with Crippen molar-refractivity contribution < 1.29 is 28.2 Å². The van der Waals surface area contributed by atoms with Crippen LogP contribution in [0.4, 0.5) is 16.2 Å². The largest absolute Gasteiger partial charge is 0.508 e. The van der Waals surface area contributed by atoms with Crippen LogP contribution in [0.5, 0.6) is 11.5 Å². The highest BCUT2D eigenvalue weighted by molar-refractivity contribution is 7.92. The molecule has 6 N–H and O–H groups in total. The highest BCUT2D eigenvalue weighted by Gasteiger charge is 2.14. The third-order valence-electron chi connectivity index (χ3n) is 6.19. The quantitative estimate of drug-likeness (QED) is 0.128. The van der Waals surface area contributed by atoms with E-state index in [4.69, 9.17) is 4.74 Å². The van der Waals surface area contributed by atoms with Gasteiger partial charge in [0, 0.05) is 24.5 Å². The first-order valence-corrected chi connectivity index (χ1v) is 15.3. The first kappa shape index (κ1) is 31.7. The van der Waals surface area contributed by atoms with Crippen molar-refractivity contribution in [1.82, 2.24) is 10.6 Å². The molecule has 222 valence electrons. The zero-order chi connectivity index (χ0) is 29.5. The number of hydrogen-bond donors (Lipinski definition) is 6. The van der Waals surface area contributed by atoms with E-state index < -0.39 is 16.1 Å². The van der Waals surface area contributed by atoms with E-state index in [-0.39, 0.29) is 23.3 Å². The molecule has 11 heteroatoms. The van der Waals surface area contributed by atoms with Crippen molar-refractivity contribution in [2.45, 2.75) is 50.0 Å². The number of carbonyl (C=O) groups is 1. The van der Waals surface area contributed by atoms with Crippen molar-refractivity contribution in [1.29, 1.82) is 0 Å². The van der Waals surface area contributed by atoms with E-state index in [9.17, 15) is 23.4 Å². The zero-order valence-corrected chi connectivity index (χ0v) is 24.1. The lowest BCUT2D eigenvalue weighted by Gasteiger charge is -2.13.